The van der Waals surface area contributed by atoms with Crippen LogP contribution in [0.15, 0.2) is 42.6 Å². The number of hydrogen-bond donors (Lipinski definition) is 1. The molecule has 3 aromatic rings. The second-order valence-electron chi connectivity index (χ2n) is 5.31. The summed E-state index contributed by atoms with van der Waals surface area (Å²) in [6, 6.07) is 10.0. The number of benzene rings is 2. The molecule has 0 saturated heterocycles. The largest absolute Gasteiger partial charge is 0.493 e. The Balaban J connectivity index is 2.00. The average molecular weight is 342 g/mol. The SMILES string of the molecule is CCNc1ccc(Oc2ccnc3cc(OC)c(OC)cc23)cc1F. The number of pyridine rings is 1. The van der Waals surface area contributed by atoms with E-state index in [1.54, 1.807) is 50.7 Å². The van der Waals surface area contributed by atoms with Gasteiger partial charge in [0, 0.05) is 30.3 Å². The van der Waals surface area contributed by atoms with E-state index in [4.69, 9.17) is 14.2 Å². The molecule has 25 heavy (non-hydrogen) atoms. The summed E-state index contributed by atoms with van der Waals surface area (Å²) in [7, 11) is 3.13. The molecule has 0 fully saturated rings. The van der Waals surface area contributed by atoms with E-state index in [0.717, 1.165) is 5.39 Å². The van der Waals surface area contributed by atoms with Crippen molar-refractivity contribution in [3.63, 3.8) is 0 Å². The van der Waals surface area contributed by atoms with Gasteiger partial charge in [0.1, 0.15) is 17.3 Å². The van der Waals surface area contributed by atoms with Crippen molar-refractivity contribution in [3.05, 3.63) is 48.4 Å². The maximum Gasteiger partial charge on any atom is 0.162 e. The topological polar surface area (TPSA) is 52.6 Å². The highest BCUT2D eigenvalue weighted by atomic mass is 19.1. The third-order valence-corrected chi connectivity index (χ3v) is 3.74. The highest BCUT2D eigenvalue weighted by Gasteiger charge is 2.12. The lowest BCUT2D eigenvalue weighted by Gasteiger charge is -2.13. The predicted octanol–water partition coefficient (Wildman–Crippen LogP) is 4.62. The van der Waals surface area contributed by atoms with E-state index in [1.165, 1.54) is 6.07 Å². The van der Waals surface area contributed by atoms with E-state index in [1.807, 2.05) is 6.92 Å². The van der Waals surface area contributed by atoms with Crippen LogP contribution in [0.3, 0.4) is 0 Å². The normalized spacial score (nSPS) is 10.6. The zero-order valence-corrected chi connectivity index (χ0v) is 14.3. The maximum absolute atomic E-state index is 14.1. The van der Waals surface area contributed by atoms with Crippen LogP contribution in [0.5, 0.6) is 23.0 Å². The van der Waals surface area contributed by atoms with Gasteiger partial charge in [0.15, 0.2) is 11.5 Å². The molecule has 2 aromatic carbocycles. The summed E-state index contributed by atoms with van der Waals surface area (Å²) in [5.74, 6) is 1.75. The van der Waals surface area contributed by atoms with Crippen LogP contribution in [0.4, 0.5) is 10.1 Å². The molecule has 5 nitrogen and oxygen atoms in total. The van der Waals surface area contributed by atoms with Gasteiger partial charge in [-0.3, -0.25) is 4.98 Å². The minimum atomic E-state index is -0.364. The lowest BCUT2D eigenvalue weighted by atomic mass is 10.2. The first-order valence-electron chi connectivity index (χ1n) is 7.88. The molecule has 3 rings (SSSR count). The van der Waals surface area contributed by atoms with Gasteiger partial charge in [0.25, 0.3) is 0 Å². The van der Waals surface area contributed by atoms with Gasteiger partial charge in [-0.2, -0.15) is 0 Å². The summed E-state index contributed by atoms with van der Waals surface area (Å²) in [5.41, 5.74) is 1.14. The maximum atomic E-state index is 14.1. The van der Waals surface area contributed by atoms with Crippen molar-refractivity contribution in [2.45, 2.75) is 6.92 Å². The molecule has 0 saturated carbocycles. The molecule has 0 amide bonds. The predicted molar refractivity (Wildman–Crippen MR) is 95.5 cm³/mol. The number of anilines is 1. The van der Waals surface area contributed by atoms with Crippen molar-refractivity contribution in [1.82, 2.24) is 4.98 Å². The van der Waals surface area contributed by atoms with Crippen molar-refractivity contribution in [1.29, 1.82) is 0 Å². The van der Waals surface area contributed by atoms with Crippen molar-refractivity contribution in [2.24, 2.45) is 0 Å². The summed E-state index contributed by atoms with van der Waals surface area (Å²) >= 11 is 0. The molecule has 6 heteroatoms. The smallest absolute Gasteiger partial charge is 0.162 e. The minimum absolute atomic E-state index is 0.364. The third-order valence-electron chi connectivity index (χ3n) is 3.74. The van der Waals surface area contributed by atoms with Gasteiger partial charge in [0.05, 0.1) is 25.4 Å². The fourth-order valence-corrected chi connectivity index (χ4v) is 2.56. The highest BCUT2D eigenvalue weighted by molar-refractivity contribution is 5.88. The fraction of sp³-hybridized carbons (Fsp3) is 0.211. The standard InChI is InChI=1S/C19H19FN2O3/c1-4-21-15-6-5-12(9-14(15)20)25-17-7-8-22-16-11-19(24-3)18(23-2)10-13(16)17/h5-11,21H,4H2,1-3H3. The Labute approximate surface area is 145 Å². The molecule has 0 aliphatic heterocycles. The lowest BCUT2D eigenvalue weighted by Crippen LogP contribution is -1.99. The zero-order chi connectivity index (χ0) is 17.8. The third kappa shape index (κ3) is 3.42. The Hall–Kier alpha value is -3.02. The molecule has 1 N–H and O–H groups in total. The Bertz CT molecular complexity index is 899. The number of nitrogens with zero attached hydrogens (tertiary/aromatic N) is 1. The van der Waals surface area contributed by atoms with E-state index in [0.29, 0.717) is 40.7 Å². The summed E-state index contributed by atoms with van der Waals surface area (Å²) in [5, 5.41) is 3.70. The number of hydrogen-bond acceptors (Lipinski definition) is 5. The van der Waals surface area contributed by atoms with Crippen LogP contribution < -0.4 is 19.5 Å². The highest BCUT2D eigenvalue weighted by Crippen LogP contribution is 2.37. The van der Waals surface area contributed by atoms with Gasteiger partial charge in [-0.1, -0.05) is 0 Å². The number of aromatic nitrogens is 1. The quantitative estimate of drug-likeness (QED) is 0.709. The number of rotatable bonds is 6. The molecule has 0 aliphatic carbocycles. The van der Waals surface area contributed by atoms with Crippen LogP contribution in [0.25, 0.3) is 10.9 Å². The molecule has 0 spiro atoms. The van der Waals surface area contributed by atoms with Gasteiger partial charge in [-0.15, -0.1) is 0 Å². The summed E-state index contributed by atoms with van der Waals surface area (Å²) in [4.78, 5) is 4.32. The number of halogens is 1. The second-order valence-corrected chi connectivity index (χ2v) is 5.31. The Morgan fingerprint density at radius 1 is 1.00 bits per heavy atom. The zero-order valence-electron chi connectivity index (χ0n) is 14.3. The van der Waals surface area contributed by atoms with E-state index >= 15 is 0 Å². The molecular formula is C19H19FN2O3. The first-order valence-corrected chi connectivity index (χ1v) is 7.88. The number of methoxy groups -OCH3 is 2. The van der Waals surface area contributed by atoms with Crippen LogP contribution in [0.1, 0.15) is 6.92 Å². The first-order chi connectivity index (χ1) is 12.2. The van der Waals surface area contributed by atoms with Gasteiger partial charge in [0.2, 0.25) is 0 Å². The first kappa shape index (κ1) is 16.8. The van der Waals surface area contributed by atoms with Gasteiger partial charge in [-0.05, 0) is 31.2 Å². The summed E-state index contributed by atoms with van der Waals surface area (Å²) in [6.45, 7) is 2.56. The average Bonchev–Trinajstić information content (AvgIpc) is 2.63. The van der Waals surface area contributed by atoms with Gasteiger partial charge in [-0.25, -0.2) is 4.39 Å². The van der Waals surface area contributed by atoms with Crippen LogP contribution in [0, 0.1) is 5.82 Å². The van der Waals surface area contributed by atoms with Crippen LogP contribution >= 0.6 is 0 Å². The van der Waals surface area contributed by atoms with Crippen LogP contribution in [0.2, 0.25) is 0 Å². The van der Waals surface area contributed by atoms with E-state index in [-0.39, 0.29) is 5.82 Å². The molecule has 0 atom stereocenters. The molecule has 1 heterocycles. The molecule has 0 unspecified atom stereocenters. The van der Waals surface area contributed by atoms with Crippen molar-refractivity contribution >= 4 is 16.6 Å². The Kier molecular flexibility index (Phi) is 4.88. The van der Waals surface area contributed by atoms with Gasteiger partial charge >= 0.3 is 0 Å². The number of fused-ring (bicyclic) bond motifs is 1. The van der Waals surface area contributed by atoms with Gasteiger partial charge < -0.3 is 19.5 Å². The molecule has 1 aromatic heterocycles. The van der Waals surface area contributed by atoms with E-state index in [9.17, 15) is 4.39 Å². The van der Waals surface area contributed by atoms with Crippen molar-refractivity contribution in [2.75, 3.05) is 26.1 Å². The fourth-order valence-electron chi connectivity index (χ4n) is 2.56. The number of nitrogens with one attached hydrogen (secondary N) is 1. The Morgan fingerprint density at radius 2 is 1.76 bits per heavy atom. The lowest BCUT2D eigenvalue weighted by molar-refractivity contribution is 0.355. The molecule has 0 bridgehead atoms. The van der Waals surface area contributed by atoms with Crippen LogP contribution in [-0.4, -0.2) is 25.7 Å². The number of ether oxygens (including phenoxy) is 3. The Morgan fingerprint density at radius 3 is 2.44 bits per heavy atom. The van der Waals surface area contributed by atoms with Crippen LogP contribution in [-0.2, 0) is 0 Å². The second kappa shape index (κ2) is 7.25. The molecule has 130 valence electrons. The molecule has 0 aliphatic rings. The molecular weight excluding hydrogens is 323 g/mol. The monoisotopic (exact) mass is 342 g/mol. The molecule has 0 radical (unpaired) electrons. The van der Waals surface area contributed by atoms with Crippen molar-refractivity contribution < 1.29 is 18.6 Å². The minimum Gasteiger partial charge on any atom is -0.493 e. The summed E-state index contributed by atoms with van der Waals surface area (Å²) < 4.78 is 30.6. The summed E-state index contributed by atoms with van der Waals surface area (Å²) in [6.07, 6.45) is 1.63. The van der Waals surface area contributed by atoms with Crippen molar-refractivity contribution in [3.8, 4) is 23.0 Å². The van der Waals surface area contributed by atoms with E-state index in [2.05, 4.69) is 10.3 Å². The van der Waals surface area contributed by atoms with E-state index < -0.39 is 0 Å².